The number of likely N-dealkylation sites (N-methyl/N-ethyl adjacent to an activating group) is 1. The molecule has 0 amide bonds. The zero-order valence-corrected chi connectivity index (χ0v) is 15.7. The lowest BCUT2D eigenvalue weighted by molar-refractivity contribution is 0.0526. The van der Waals surface area contributed by atoms with Crippen LogP contribution in [0.4, 0.5) is 0 Å². The fourth-order valence-corrected chi connectivity index (χ4v) is 2.63. The Kier molecular flexibility index (Phi) is 6.32. The van der Waals surface area contributed by atoms with Gasteiger partial charge in [0.05, 0.1) is 17.9 Å². The molecule has 142 valence electrons. The average Bonchev–Trinajstić information content (AvgIpc) is 3.16. The quantitative estimate of drug-likeness (QED) is 0.566. The van der Waals surface area contributed by atoms with Crippen molar-refractivity contribution in [3.8, 4) is 5.69 Å². The highest BCUT2D eigenvalue weighted by molar-refractivity contribution is 5.89. The maximum Gasteiger partial charge on any atom is 0.338 e. The molecule has 0 unspecified atom stereocenters. The predicted molar refractivity (Wildman–Crippen MR) is 102 cm³/mol. The molecule has 0 aliphatic carbocycles. The third-order valence-corrected chi connectivity index (χ3v) is 4.23. The standard InChI is InChI=1S/C19H24N6O2/c1-3-27-19(26)16-7-9-17(10-8-16)25-21-18(20-22-25)6-4-5-11-24-14-12-23(2)13-15-24/h4-11H,3,12-15H2,1-2H3/b6-4+,11-5+. The number of hydrogen-bond donors (Lipinski definition) is 0. The summed E-state index contributed by atoms with van der Waals surface area (Å²) in [6.07, 6.45) is 7.79. The van der Waals surface area contributed by atoms with E-state index in [1.165, 1.54) is 4.80 Å². The largest absolute Gasteiger partial charge is 0.462 e. The Balaban J connectivity index is 1.57. The van der Waals surface area contributed by atoms with Crippen LogP contribution in [0.2, 0.25) is 0 Å². The molecule has 1 fully saturated rings. The molecule has 2 aromatic rings. The van der Waals surface area contributed by atoms with E-state index in [0.29, 0.717) is 18.0 Å². The molecule has 3 rings (SSSR count). The van der Waals surface area contributed by atoms with Gasteiger partial charge in [0.1, 0.15) is 0 Å². The van der Waals surface area contributed by atoms with Crippen LogP contribution >= 0.6 is 0 Å². The second kappa shape index (κ2) is 9.09. The van der Waals surface area contributed by atoms with Crippen molar-refractivity contribution in [1.29, 1.82) is 0 Å². The van der Waals surface area contributed by atoms with Gasteiger partial charge in [0.15, 0.2) is 5.82 Å². The Morgan fingerprint density at radius 2 is 1.89 bits per heavy atom. The first-order valence-electron chi connectivity index (χ1n) is 9.01. The Morgan fingerprint density at radius 3 is 2.59 bits per heavy atom. The van der Waals surface area contributed by atoms with Crippen molar-refractivity contribution in [2.45, 2.75) is 6.92 Å². The third-order valence-electron chi connectivity index (χ3n) is 4.23. The first-order valence-corrected chi connectivity index (χ1v) is 9.01. The van der Waals surface area contributed by atoms with E-state index in [1.807, 2.05) is 18.2 Å². The summed E-state index contributed by atoms with van der Waals surface area (Å²) in [5, 5.41) is 12.4. The molecule has 1 aromatic carbocycles. The van der Waals surface area contributed by atoms with Crippen LogP contribution in [-0.2, 0) is 4.74 Å². The lowest BCUT2D eigenvalue weighted by Gasteiger charge is -2.31. The number of rotatable bonds is 6. The van der Waals surface area contributed by atoms with Crippen LogP contribution in [0.1, 0.15) is 23.1 Å². The summed E-state index contributed by atoms with van der Waals surface area (Å²) in [6, 6.07) is 6.89. The van der Waals surface area contributed by atoms with Gasteiger partial charge < -0.3 is 14.5 Å². The summed E-state index contributed by atoms with van der Waals surface area (Å²) in [5.74, 6) is 0.179. The van der Waals surface area contributed by atoms with E-state index in [4.69, 9.17) is 4.74 Å². The number of tetrazole rings is 1. The van der Waals surface area contributed by atoms with Gasteiger partial charge in [-0.15, -0.1) is 15.0 Å². The Hall–Kier alpha value is -3.00. The Labute approximate surface area is 158 Å². The molecule has 0 atom stereocenters. The molecule has 8 nitrogen and oxygen atoms in total. The number of hydrogen-bond acceptors (Lipinski definition) is 7. The zero-order valence-electron chi connectivity index (χ0n) is 15.7. The van der Waals surface area contributed by atoms with Gasteiger partial charge in [0, 0.05) is 26.2 Å². The van der Waals surface area contributed by atoms with E-state index in [-0.39, 0.29) is 5.97 Å². The van der Waals surface area contributed by atoms with Crippen LogP contribution in [0.5, 0.6) is 0 Å². The molecule has 27 heavy (non-hydrogen) atoms. The molecular formula is C19H24N6O2. The summed E-state index contributed by atoms with van der Waals surface area (Å²) >= 11 is 0. The molecule has 8 heteroatoms. The molecule has 0 spiro atoms. The van der Waals surface area contributed by atoms with E-state index in [2.05, 4.69) is 38.5 Å². The van der Waals surface area contributed by atoms with Crippen molar-refractivity contribution in [2.75, 3.05) is 39.8 Å². The fraction of sp³-hybridized carbons (Fsp3) is 0.368. The molecule has 1 aliphatic heterocycles. The Morgan fingerprint density at radius 1 is 1.15 bits per heavy atom. The number of benzene rings is 1. The van der Waals surface area contributed by atoms with Gasteiger partial charge in [-0.3, -0.25) is 0 Å². The number of piperazine rings is 1. The van der Waals surface area contributed by atoms with Crippen molar-refractivity contribution in [3.05, 3.63) is 54.0 Å². The number of aromatic nitrogens is 4. The van der Waals surface area contributed by atoms with Crippen LogP contribution in [0, 0.1) is 0 Å². The van der Waals surface area contributed by atoms with E-state index < -0.39 is 0 Å². The zero-order chi connectivity index (χ0) is 19.1. The predicted octanol–water partition coefficient (Wildman–Crippen LogP) is 1.61. The van der Waals surface area contributed by atoms with Crippen LogP contribution < -0.4 is 0 Å². The van der Waals surface area contributed by atoms with Gasteiger partial charge in [0.25, 0.3) is 0 Å². The topological polar surface area (TPSA) is 76.4 Å². The maximum absolute atomic E-state index is 11.7. The van der Waals surface area contributed by atoms with Crippen LogP contribution in [0.25, 0.3) is 11.8 Å². The van der Waals surface area contributed by atoms with Crippen molar-refractivity contribution in [1.82, 2.24) is 30.0 Å². The smallest absolute Gasteiger partial charge is 0.338 e. The van der Waals surface area contributed by atoms with Crippen LogP contribution in [0.15, 0.2) is 42.6 Å². The van der Waals surface area contributed by atoms with E-state index in [9.17, 15) is 4.79 Å². The molecule has 0 radical (unpaired) electrons. The van der Waals surface area contributed by atoms with Gasteiger partial charge in [-0.1, -0.05) is 6.08 Å². The van der Waals surface area contributed by atoms with Gasteiger partial charge in [-0.05, 0) is 61.8 Å². The van der Waals surface area contributed by atoms with Crippen LogP contribution in [-0.4, -0.2) is 75.8 Å². The van der Waals surface area contributed by atoms with E-state index >= 15 is 0 Å². The number of carbonyl (C=O) groups is 1. The van der Waals surface area contributed by atoms with E-state index in [0.717, 1.165) is 31.9 Å². The third kappa shape index (κ3) is 5.24. The van der Waals surface area contributed by atoms with Crippen molar-refractivity contribution in [3.63, 3.8) is 0 Å². The average molecular weight is 368 g/mol. The summed E-state index contributed by atoms with van der Waals surface area (Å²) in [5.41, 5.74) is 1.22. The normalized spacial score (nSPS) is 15.7. The summed E-state index contributed by atoms with van der Waals surface area (Å²) in [6.45, 7) is 6.37. The van der Waals surface area contributed by atoms with E-state index in [1.54, 1.807) is 31.2 Å². The number of allylic oxidation sites excluding steroid dienone is 2. The second-order valence-corrected chi connectivity index (χ2v) is 6.24. The number of esters is 1. The monoisotopic (exact) mass is 368 g/mol. The molecule has 2 heterocycles. The molecule has 1 aliphatic rings. The van der Waals surface area contributed by atoms with Crippen molar-refractivity contribution < 1.29 is 9.53 Å². The SMILES string of the molecule is CCOC(=O)c1ccc(-n2nnc(/C=C/C=C/N3CCN(C)CC3)n2)cc1. The lowest BCUT2D eigenvalue weighted by Crippen LogP contribution is -2.41. The minimum atomic E-state index is -0.341. The highest BCUT2D eigenvalue weighted by Crippen LogP contribution is 2.09. The minimum Gasteiger partial charge on any atom is -0.462 e. The molecule has 0 N–H and O–H groups in total. The van der Waals surface area contributed by atoms with Crippen LogP contribution in [0.3, 0.4) is 0 Å². The maximum atomic E-state index is 11.7. The summed E-state index contributed by atoms with van der Waals surface area (Å²) < 4.78 is 4.97. The summed E-state index contributed by atoms with van der Waals surface area (Å²) in [4.78, 5) is 17.7. The molecular weight excluding hydrogens is 344 g/mol. The fourth-order valence-electron chi connectivity index (χ4n) is 2.63. The van der Waals surface area contributed by atoms with Crippen molar-refractivity contribution >= 4 is 12.0 Å². The highest BCUT2D eigenvalue weighted by atomic mass is 16.5. The van der Waals surface area contributed by atoms with Crippen molar-refractivity contribution in [2.24, 2.45) is 0 Å². The minimum absolute atomic E-state index is 0.341. The van der Waals surface area contributed by atoms with Gasteiger partial charge in [-0.25, -0.2) is 4.79 Å². The van der Waals surface area contributed by atoms with Gasteiger partial charge in [0.2, 0.25) is 0 Å². The molecule has 1 aromatic heterocycles. The van der Waals surface area contributed by atoms with Gasteiger partial charge >= 0.3 is 5.97 Å². The number of nitrogens with zero attached hydrogens (tertiary/aromatic N) is 6. The Bertz CT molecular complexity index is 804. The molecule has 0 saturated carbocycles. The molecule has 1 saturated heterocycles. The van der Waals surface area contributed by atoms with Gasteiger partial charge in [-0.2, -0.15) is 0 Å². The summed E-state index contributed by atoms with van der Waals surface area (Å²) in [7, 11) is 2.14. The molecule has 0 bridgehead atoms. The lowest BCUT2D eigenvalue weighted by atomic mass is 10.2. The highest BCUT2D eigenvalue weighted by Gasteiger charge is 2.09. The number of ether oxygens (including phenoxy) is 1. The first kappa shape index (κ1) is 18.8. The first-order chi connectivity index (χ1) is 13.2. The second-order valence-electron chi connectivity index (χ2n) is 6.24. The number of carbonyl (C=O) groups excluding carboxylic acids is 1.